The Morgan fingerprint density at radius 1 is 1.26 bits per heavy atom. The van der Waals surface area contributed by atoms with Crippen molar-refractivity contribution in [3.8, 4) is 6.07 Å². The summed E-state index contributed by atoms with van der Waals surface area (Å²) < 4.78 is 54.9. The fourth-order valence-electron chi connectivity index (χ4n) is 3.70. The summed E-state index contributed by atoms with van der Waals surface area (Å²) in [5, 5.41) is 21.0. The molecule has 0 aliphatic heterocycles. The zero-order valence-corrected chi connectivity index (χ0v) is 19.7. The smallest absolute Gasteiger partial charge is 0.269 e. The number of benzene rings is 1. The van der Waals surface area contributed by atoms with Crippen LogP contribution in [-0.4, -0.2) is 33.1 Å². The molecule has 2 atom stereocenters. The molecule has 0 spiro atoms. The quantitative estimate of drug-likeness (QED) is 0.363. The number of nitrogens with zero attached hydrogens (tertiary/aromatic N) is 2. The largest absolute Gasteiger partial charge is 0.598 e. The number of hydrogen-bond acceptors (Lipinski definition) is 7. The van der Waals surface area contributed by atoms with Gasteiger partial charge in [0.2, 0.25) is 0 Å². The number of nitro benzene ring substituents is 1. The molecule has 1 saturated carbocycles. The minimum absolute atomic E-state index is 0.168. The second kappa shape index (κ2) is 9.02. The van der Waals surface area contributed by atoms with Gasteiger partial charge in [-0.1, -0.05) is 19.3 Å². The van der Waals surface area contributed by atoms with Crippen molar-refractivity contribution >= 4 is 26.9 Å². The van der Waals surface area contributed by atoms with Gasteiger partial charge >= 0.3 is 0 Å². The van der Waals surface area contributed by atoms with Crippen molar-refractivity contribution in [2.45, 2.75) is 74.8 Å². The molecule has 0 heterocycles. The van der Waals surface area contributed by atoms with Gasteiger partial charge in [-0.15, -0.1) is 4.72 Å². The second-order valence-corrected chi connectivity index (χ2v) is 13.4. The standard InChI is InChI=1S/C20H28FN3O5S2/c1-18(2,3)30(27)23-19(4,16-12-15(24(25)26)8-9-17(16)21)14-31(28,29)20(13-22)10-6-5-7-11-20/h8-9,12,23H,5-7,10-11,14H2,1-4H3/t19-,30-/m1/s1. The number of halogens is 1. The van der Waals surface area contributed by atoms with E-state index in [1.165, 1.54) is 6.92 Å². The van der Waals surface area contributed by atoms with E-state index in [1.54, 1.807) is 20.8 Å². The molecule has 11 heteroatoms. The Morgan fingerprint density at radius 2 is 1.84 bits per heavy atom. The van der Waals surface area contributed by atoms with E-state index in [0.717, 1.165) is 24.6 Å². The third-order valence-corrected chi connectivity index (χ3v) is 9.96. The minimum atomic E-state index is -4.14. The van der Waals surface area contributed by atoms with Crippen LogP contribution in [0.5, 0.6) is 0 Å². The number of hydrogen-bond donors (Lipinski definition) is 1. The van der Waals surface area contributed by atoms with Crippen LogP contribution >= 0.6 is 0 Å². The Morgan fingerprint density at radius 3 is 2.32 bits per heavy atom. The summed E-state index contributed by atoms with van der Waals surface area (Å²) in [5.41, 5.74) is -2.48. The molecule has 8 nitrogen and oxygen atoms in total. The van der Waals surface area contributed by atoms with Crippen molar-refractivity contribution in [3.63, 3.8) is 0 Å². The Labute approximate surface area is 185 Å². The first-order valence-electron chi connectivity index (χ1n) is 9.95. The minimum Gasteiger partial charge on any atom is -0.598 e. The number of sulfone groups is 1. The first kappa shape index (κ1) is 25.5. The predicted molar refractivity (Wildman–Crippen MR) is 117 cm³/mol. The average molecular weight is 474 g/mol. The van der Waals surface area contributed by atoms with E-state index in [2.05, 4.69) is 4.72 Å². The molecular formula is C20H28FN3O5S2. The average Bonchev–Trinajstić information content (AvgIpc) is 2.67. The van der Waals surface area contributed by atoms with Crippen molar-refractivity contribution in [2.24, 2.45) is 0 Å². The summed E-state index contributed by atoms with van der Waals surface area (Å²) in [6, 6.07) is 4.79. The fourth-order valence-corrected chi connectivity index (χ4v) is 7.01. The maximum Gasteiger partial charge on any atom is 0.269 e. The second-order valence-electron chi connectivity index (χ2n) is 9.16. The van der Waals surface area contributed by atoms with Crippen LogP contribution in [0.3, 0.4) is 0 Å². The highest BCUT2D eigenvalue weighted by Crippen LogP contribution is 2.39. The van der Waals surface area contributed by atoms with Crippen molar-refractivity contribution in [3.05, 3.63) is 39.7 Å². The summed E-state index contributed by atoms with van der Waals surface area (Å²) in [5.74, 6) is -1.59. The summed E-state index contributed by atoms with van der Waals surface area (Å²) in [6.07, 6.45) is 2.32. The molecule has 0 bridgehead atoms. The lowest BCUT2D eigenvalue weighted by molar-refractivity contribution is -0.385. The molecule has 0 saturated heterocycles. The van der Waals surface area contributed by atoms with E-state index >= 15 is 0 Å². The van der Waals surface area contributed by atoms with Crippen LogP contribution in [-0.2, 0) is 26.7 Å². The lowest BCUT2D eigenvalue weighted by atomic mass is 9.89. The predicted octanol–water partition coefficient (Wildman–Crippen LogP) is 3.64. The maximum atomic E-state index is 14.8. The lowest BCUT2D eigenvalue weighted by Crippen LogP contribution is -2.56. The first-order valence-corrected chi connectivity index (χ1v) is 12.8. The van der Waals surface area contributed by atoms with E-state index in [1.807, 2.05) is 6.07 Å². The number of rotatable bonds is 7. The SMILES string of the molecule is CC(C)(C)[S@@+]([O-])N[C@](C)(CS(=O)(=O)C1(C#N)CCCCC1)c1cc([N+](=O)[O-])ccc1F. The van der Waals surface area contributed by atoms with Gasteiger partial charge in [0.15, 0.2) is 14.6 Å². The fraction of sp³-hybridized carbons (Fsp3) is 0.650. The molecule has 1 aromatic rings. The van der Waals surface area contributed by atoms with Crippen LogP contribution in [0.15, 0.2) is 18.2 Å². The van der Waals surface area contributed by atoms with Gasteiger partial charge in [0, 0.05) is 29.1 Å². The maximum absolute atomic E-state index is 14.8. The molecule has 0 amide bonds. The van der Waals surface area contributed by atoms with Gasteiger partial charge in [-0.05, 0) is 46.6 Å². The van der Waals surface area contributed by atoms with Crippen molar-refractivity contribution < 1.29 is 22.3 Å². The van der Waals surface area contributed by atoms with Gasteiger partial charge in [-0.3, -0.25) is 10.1 Å². The first-order chi connectivity index (χ1) is 14.2. The van der Waals surface area contributed by atoms with Gasteiger partial charge in [0.25, 0.3) is 5.69 Å². The highest BCUT2D eigenvalue weighted by Gasteiger charge is 2.51. The van der Waals surface area contributed by atoms with Crippen LogP contribution in [0, 0.1) is 27.3 Å². The number of nitro groups is 1. The zero-order valence-electron chi connectivity index (χ0n) is 18.1. The van der Waals surface area contributed by atoms with Crippen LogP contribution < -0.4 is 4.72 Å². The van der Waals surface area contributed by atoms with Crippen molar-refractivity contribution in [1.82, 2.24) is 4.72 Å². The van der Waals surface area contributed by atoms with E-state index in [0.29, 0.717) is 12.8 Å². The van der Waals surface area contributed by atoms with Gasteiger partial charge in [-0.2, -0.15) is 5.26 Å². The molecule has 1 fully saturated rings. The summed E-state index contributed by atoms with van der Waals surface area (Å²) in [7, 11) is -4.14. The monoisotopic (exact) mass is 473 g/mol. The molecule has 0 aromatic heterocycles. The van der Waals surface area contributed by atoms with Gasteiger partial charge in [0.05, 0.1) is 16.7 Å². The summed E-state index contributed by atoms with van der Waals surface area (Å²) in [6.45, 7) is 6.33. The van der Waals surface area contributed by atoms with Crippen LogP contribution in [0.25, 0.3) is 0 Å². The number of non-ortho nitro benzene ring substituents is 1. The van der Waals surface area contributed by atoms with Crippen LogP contribution in [0.4, 0.5) is 10.1 Å². The lowest BCUT2D eigenvalue weighted by Gasteiger charge is -2.38. The molecular weight excluding hydrogens is 445 g/mol. The molecule has 1 N–H and O–H groups in total. The Bertz CT molecular complexity index is 982. The number of nitrogens with one attached hydrogen (secondary N) is 1. The molecule has 0 unspecified atom stereocenters. The van der Waals surface area contributed by atoms with Gasteiger partial charge < -0.3 is 4.55 Å². The van der Waals surface area contributed by atoms with E-state index < -0.39 is 58.4 Å². The zero-order chi connectivity index (χ0) is 23.7. The highest BCUT2D eigenvalue weighted by atomic mass is 32.2. The molecule has 1 aliphatic carbocycles. The van der Waals surface area contributed by atoms with Crippen LogP contribution in [0.1, 0.15) is 65.4 Å². The molecule has 1 aliphatic rings. The normalized spacial score (nSPS) is 19.8. The topological polar surface area (TPSA) is 136 Å². The summed E-state index contributed by atoms with van der Waals surface area (Å²) in [4.78, 5) is 10.5. The Balaban J connectivity index is 2.62. The third-order valence-electron chi connectivity index (χ3n) is 5.57. The Hall–Kier alpha value is -1.74. The third kappa shape index (κ3) is 5.37. The molecule has 172 valence electrons. The number of nitriles is 1. The molecule has 31 heavy (non-hydrogen) atoms. The molecule has 0 radical (unpaired) electrons. The summed E-state index contributed by atoms with van der Waals surface area (Å²) >= 11 is -1.82. The highest BCUT2D eigenvalue weighted by molar-refractivity contribution is 7.93. The van der Waals surface area contributed by atoms with E-state index in [4.69, 9.17) is 0 Å². The van der Waals surface area contributed by atoms with Crippen LogP contribution in [0.2, 0.25) is 0 Å². The van der Waals surface area contributed by atoms with Gasteiger partial charge in [-0.25, -0.2) is 12.8 Å². The van der Waals surface area contributed by atoms with Crippen molar-refractivity contribution in [2.75, 3.05) is 5.75 Å². The van der Waals surface area contributed by atoms with E-state index in [-0.39, 0.29) is 18.4 Å². The van der Waals surface area contributed by atoms with Crippen molar-refractivity contribution in [1.29, 1.82) is 5.26 Å². The molecule has 2 rings (SSSR count). The molecule has 1 aromatic carbocycles. The van der Waals surface area contributed by atoms with E-state index in [9.17, 15) is 32.7 Å². The Kier molecular flexibility index (Phi) is 7.42. The van der Waals surface area contributed by atoms with Gasteiger partial charge in [0.1, 0.15) is 16.1 Å².